The Morgan fingerprint density at radius 3 is 2.87 bits per heavy atom. The first-order chi connectivity index (χ1) is 7.36. The third-order valence-electron chi connectivity index (χ3n) is 3.13. The zero-order valence-electron chi connectivity index (χ0n) is 8.44. The number of aryl methyl sites for hydroxylation is 2. The van der Waals surface area contributed by atoms with E-state index in [1.807, 2.05) is 11.3 Å². The maximum Gasteiger partial charge on any atom is 0.0565 e. The summed E-state index contributed by atoms with van der Waals surface area (Å²) >= 11 is 1.83. The van der Waals surface area contributed by atoms with Crippen molar-refractivity contribution in [3.05, 3.63) is 57.3 Å². The molecule has 0 saturated carbocycles. The summed E-state index contributed by atoms with van der Waals surface area (Å²) in [6, 6.07) is 10.8. The van der Waals surface area contributed by atoms with Crippen LogP contribution in [0.5, 0.6) is 0 Å². The van der Waals surface area contributed by atoms with E-state index in [4.69, 9.17) is 5.73 Å². The van der Waals surface area contributed by atoms with Crippen LogP contribution >= 0.6 is 11.3 Å². The molecule has 0 radical (unpaired) electrons. The van der Waals surface area contributed by atoms with Crippen LogP contribution in [0.1, 0.15) is 27.6 Å². The Kier molecular flexibility index (Phi) is 2.11. The second-order valence-corrected chi connectivity index (χ2v) is 4.98. The second kappa shape index (κ2) is 3.47. The molecule has 0 spiro atoms. The minimum absolute atomic E-state index is 0.0740. The molecule has 0 bridgehead atoms. The first kappa shape index (κ1) is 9.13. The van der Waals surface area contributed by atoms with Gasteiger partial charge in [0.05, 0.1) is 6.04 Å². The quantitative estimate of drug-likeness (QED) is 0.718. The van der Waals surface area contributed by atoms with Gasteiger partial charge in [-0.05, 0) is 41.0 Å². The maximum atomic E-state index is 6.31. The molecule has 1 aliphatic rings. The standard InChI is InChI=1S/C13H13NS/c14-13-10-4-2-1-3-9(10)5-6-12-11(13)7-8-15-12/h1-4,7-8,13H,5-6,14H2. The van der Waals surface area contributed by atoms with Gasteiger partial charge in [-0.25, -0.2) is 0 Å². The van der Waals surface area contributed by atoms with Gasteiger partial charge < -0.3 is 5.73 Å². The zero-order valence-corrected chi connectivity index (χ0v) is 9.26. The van der Waals surface area contributed by atoms with Crippen molar-refractivity contribution in [2.24, 2.45) is 5.73 Å². The lowest BCUT2D eigenvalue weighted by Gasteiger charge is -2.12. The number of rotatable bonds is 0. The van der Waals surface area contributed by atoms with Gasteiger partial charge in [-0.15, -0.1) is 11.3 Å². The first-order valence-corrected chi connectivity index (χ1v) is 6.14. The maximum absolute atomic E-state index is 6.31. The molecule has 1 atom stereocenters. The highest BCUT2D eigenvalue weighted by Gasteiger charge is 2.20. The number of hydrogen-bond donors (Lipinski definition) is 1. The van der Waals surface area contributed by atoms with E-state index in [1.54, 1.807) is 0 Å². The van der Waals surface area contributed by atoms with Gasteiger partial charge in [0, 0.05) is 4.88 Å². The molecule has 1 aromatic carbocycles. The van der Waals surface area contributed by atoms with Gasteiger partial charge in [-0.2, -0.15) is 0 Å². The molecule has 0 saturated heterocycles. The molecule has 76 valence electrons. The summed E-state index contributed by atoms with van der Waals surface area (Å²) in [5.74, 6) is 0. The Bertz CT molecular complexity index is 487. The zero-order chi connectivity index (χ0) is 10.3. The van der Waals surface area contributed by atoms with Gasteiger partial charge in [0.25, 0.3) is 0 Å². The average Bonchev–Trinajstić information content (AvgIpc) is 2.69. The molecule has 0 amide bonds. The van der Waals surface area contributed by atoms with E-state index in [1.165, 1.54) is 21.6 Å². The van der Waals surface area contributed by atoms with Crippen molar-refractivity contribution >= 4 is 11.3 Å². The van der Waals surface area contributed by atoms with E-state index in [2.05, 4.69) is 35.7 Å². The monoisotopic (exact) mass is 215 g/mol. The van der Waals surface area contributed by atoms with E-state index in [9.17, 15) is 0 Å². The van der Waals surface area contributed by atoms with Gasteiger partial charge in [0.2, 0.25) is 0 Å². The minimum Gasteiger partial charge on any atom is -0.320 e. The van der Waals surface area contributed by atoms with E-state index in [0.29, 0.717) is 0 Å². The minimum atomic E-state index is 0.0740. The third kappa shape index (κ3) is 1.41. The fourth-order valence-electron chi connectivity index (χ4n) is 2.31. The normalized spacial score (nSPS) is 19.1. The predicted octanol–water partition coefficient (Wildman–Crippen LogP) is 2.89. The Balaban J connectivity index is 2.18. The lowest BCUT2D eigenvalue weighted by atomic mass is 9.98. The molecule has 15 heavy (non-hydrogen) atoms. The fourth-order valence-corrected chi connectivity index (χ4v) is 3.24. The van der Waals surface area contributed by atoms with Crippen molar-refractivity contribution in [3.8, 4) is 0 Å². The molecule has 0 fully saturated rings. The smallest absolute Gasteiger partial charge is 0.0565 e. The van der Waals surface area contributed by atoms with Crippen LogP contribution in [-0.2, 0) is 12.8 Å². The highest BCUT2D eigenvalue weighted by Crippen LogP contribution is 2.33. The Hall–Kier alpha value is -1.12. The number of fused-ring (bicyclic) bond motifs is 2. The number of thiophene rings is 1. The van der Waals surface area contributed by atoms with Crippen molar-refractivity contribution in [1.29, 1.82) is 0 Å². The van der Waals surface area contributed by atoms with Gasteiger partial charge >= 0.3 is 0 Å². The van der Waals surface area contributed by atoms with E-state index >= 15 is 0 Å². The van der Waals surface area contributed by atoms with Crippen LogP contribution in [-0.4, -0.2) is 0 Å². The molecule has 0 aliphatic heterocycles. The van der Waals surface area contributed by atoms with Gasteiger partial charge in [0.1, 0.15) is 0 Å². The summed E-state index contributed by atoms with van der Waals surface area (Å²) in [6.45, 7) is 0. The molecular formula is C13H13NS. The Labute approximate surface area is 93.6 Å². The molecule has 3 rings (SSSR count). The molecule has 1 heterocycles. The molecule has 2 N–H and O–H groups in total. The first-order valence-electron chi connectivity index (χ1n) is 5.26. The summed E-state index contributed by atoms with van der Waals surface area (Å²) in [5, 5.41) is 2.15. The highest BCUT2D eigenvalue weighted by atomic mass is 32.1. The van der Waals surface area contributed by atoms with Crippen molar-refractivity contribution < 1.29 is 0 Å². The number of benzene rings is 1. The molecule has 1 aliphatic carbocycles. The van der Waals surface area contributed by atoms with Crippen molar-refractivity contribution in [2.45, 2.75) is 18.9 Å². The highest BCUT2D eigenvalue weighted by molar-refractivity contribution is 7.10. The van der Waals surface area contributed by atoms with Gasteiger partial charge in [0.15, 0.2) is 0 Å². The van der Waals surface area contributed by atoms with E-state index < -0.39 is 0 Å². The lowest BCUT2D eigenvalue weighted by Crippen LogP contribution is -2.12. The number of nitrogens with two attached hydrogens (primary N) is 1. The van der Waals surface area contributed by atoms with Crippen LogP contribution in [0, 0.1) is 0 Å². The average molecular weight is 215 g/mol. The third-order valence-corrected chi connectivity index (χ3v) is 4.12. The largest absolute Gasteiger partial charge is 0.320 e. The Morgan fingerprint density at radius 2 is 1.93 bits per heavy atom. The molecule has 1 unspecified atom stereocenters. The summed E-state index contributed by atoms with van der Waals surface area (Å²) in [5.41, 5.74) is 10.3. The summed E-state index contributed by atoms with van der Waals surface area (Å²) < 4.78 is 0. The summed E-state index contributed by atoms with van der Waals surface area (Å²) in [4.78, 5) is 1.46. The summed E-state index contributed by atoms with van der Waals surface area (Å²) in [6.07, 6.45) is 2.26. The topological polar surface area (TPSA) is 26.0 Å². The van der Waals surface area contributed by atoms with Crippen LogP contribution in [0.25, 0.3) is 0 Å². The molecule has 2 heteroatoms. The van der Waals surface area contributed by atoms with E-state index in [-0.39, 0.29) is 6.04 Å². The van der Waals surface area contributed by atoms with Crippen LogP contribution in [0.2, 0.25) is 0 Å². The van der Waals surface area contributed by atoms with Crippen molar-refractivity contribution in [3.63, 3.8) is 0 Å². The number of hydrogen-bond acceptors (Lipinski definition) is 2. The van der Waals surface area contributed by atoms with Crippen LogP contribution < -0.4 is 5.73 Å². The van der Waals surface area contributed by atoms with Gasteiger partial charge in [-0.3, -0.25) is 0 Å². The van der Waals surface area contributed by atoms with Crippen molar-refractivity contribution in [1.82, 2.24) is 0 Å². The SMILES string of the molecule is NC1c2ccccc2CCc2sccc21. The molecule has 2 aromatic rings. The Morgan fingerprint density at radius 1 is 1.07 bits per heavy atom. The second-order valence-electron chi connectivity index (χ2n) is 3.98. The predicted molar refractivity (Wildman–Crippen MR) is 64.2 cm³/mol. The van der Waals surface area contributed by atoms with Crippen LogP contribution in [0.4, 0.5) is 0 Å². The van der Waals surface area contributed by atoms with Crippen LogP contribution in [0.3, 0.4) is 0 Å². The lowest BCUT2D eigenvalue weighted by molar-refractivity contribution is 0.869. The molecule has 1 nitrogen and oxygen atoms in total. The summed E-state index contributed by atoms with van der Waals surface area (Å²) in [7, 11) is 0. The van der Waals surface area contributed by atoms with Crippen LogP contribution in [0.15, 0.2) is 35.7 Å². The van der Waals surface area contributed by atoms with E-state index in [0.717, 1.165) is 12.8 Å². The van der Waals surface area contributed by atoms with Gasteiger partial charge in [-0.1, -0.05) is 24.3 Å². The van der Waals surface area contributed by atoms with Crippen molar-refractivity contribution in [2.75, 3.05) is 0 Å². The molecular weight excluding hydrogens is 202 g/mol. The molecule has 1 aromatic heterocycles. The fraction of sp³-hybridized carbons (Fsp3) is 0.231.